The molecule has 0 aliphatic rings. The monoisotopic (exact) mass is 340 g/mol. The van der Waals surface area contributed by atoms with E-state index in [0.717, 1.165) is 12.1 Å². The van der Waals surface area contributed by atoms with Gasteiger partial charge in [-0.05, 0) is 18.2 Å². The van der Waals surface area contributed by atoms with Crippen LogP contribution < -0.4 is 0 Å². The van der Waals surface area contributed by atoms with Crippen LogP contribution in [0.3, 0.4) is 0 Å². The molecule has 0 radical (unpaired) electrons. The minimum absolute atomic E-state index is 0.0331. The number of alkyl halides is 3. The predicted octanol–water partition coefficient (Wildman–Crippen LogP) is 3.60. The molecule has 8 heteroatoms. The van der Waals surface area contributed by atoms with Crippen molar-refractivity contribution in [3.05, 3.63) is 39.6 Å². The molecular formula is C12H4BrF3N4. The minimum Gasteiger partial charge on any atom is -0.329 e. The molecule has 0 saturated heterocycles. The van der Waals surface area contributed by atoms with Crippen LogP contribution in [0, 0.1) is 22.7 Å². The molecular weight excluding hydrogens is 337 g/mol. The van der Waals surface area contributed by atoms with Gasteiger partial charge in [-0.3, -0.25) is 0 Å². The highest BCUT2D eigenvalue weighted by Crippen LogP contribution is 2.35. The lowest BCUT2D eigenvalue weighted by molar-refractivity contribution is -0.137. The number of H-pyrrole nitrogens is 1. The molecule has 0 aliphatic carbocycles. The number of aromatic amines is 1. The third-order valence-electron chi connectivity index (χ3n) is 2.47. The lowest BCUT2D eigenvalue weighted by Crippen LogP contribution is -2.04. The highest BCUT2D eigenvalue weighted by Gasteiger charge is 2.31. The predicted molar refractivity (Wildman–Crippen MR) is 66.2 cm³/mol. The molecule has 20 heavy (non-hydrogen) atoms. The fraction of sp³-hybridized carbons (Fsp3) is 0.0833. The maximum Gasteiger partial charge on any atom is 0.416 e. The zero-order valence-corrected chi connectivity index (χ0v) is 11.2. The van der Waals surface area contributed by atoms with E-state index in [1.165, 1.54) is 6.07 Å². The van der Waals surface area contributed by atoms with Crippen LogP contribution >= 0.6 is 15.9 Å². The van der Waals surface area contributed by atoms with Crippen molar-refractivity contribution >= 4 is 15.9 Å². The van der Waals surface area contributed by atoms with Crippen LogP contribution in [0.2, 0.25) is 0 Å². The second kappa shape index (κ2) is 4.99. The number of nitriles is 2. The zero-order valence-electron chi connectivity index (χ0n) is 9.59. The van der Waals surface area contributed by atoms with Crippen LogP contribution in [-0.2, 0) is 6.18 Å². The molecule has 1 aromatic carbocycles. The summed E-state index contributed by atoms with van der Waals surface area (Å²) in [6.45, 7) is 0. The molecule has 2 rings (SSSR count). The van der Waals surface area contributed by atoms with Crippen LogP contribution in [-0.4, -0.2) is 9.97 Å². The third kappa shape index (κ3) is 2.51. The van der Waals surface area contributed by atoms with E-state index in [4.69, 9.17) is 10.5 Å². The van der Waals surface area contributed by atoms with Crippen LogP contribution in [0.5, 0.6) is 0 Å². The summed E-state index contributed by atoms with van der Waals surface area (Å²) < 4.78 is 37.8. The second-order valence-electron chi connectivity index (χ2n) is 3.73. The Hall–Kier alpha value is -2.32. The third-order valence-corrected chi connectivity index (χ3v) is 3.13. The summed E-state index contributed by atoms with van der Waals surface area (Å²) in [5, 5.41) is 17.6. The molecule has 4 nitrogen and oxygen atoms in total. The quantitative estimate of drug-likeness (QED) is 0.861. The fourth-order valence-corrected chi connectivity index (χ4v) is 2.11. The van der Waals surface area contributed by atoms with Gasteiger partial charge in [0.2, 0.25) is 0 Å². The summed E-state index contributed by atoms with van der Waals surface area (Å²) in [5.41, 5.74) is -0.611. The van der Waals surface area contributed by atoms with Gasteiger partial charge in [0.1, 0.15) is 18.0 Å². The first-order chi connectivity index (χ1) is 9.36. The van der Waals surface area contributed by atoms with Crippen molar-refractivity contribution in [3.8, 4) is 23.5 Å². The number of aromatic nitrogens is 2. The largest absolute Gasteiger partial charge is 0.416 e. The summed E-state index contributed by atoms with van der Waals surface area (Å²) in [7, 11) is 0. The average Bonchev–Trinajstić information content (AvgIpc) is 2.80. The van der Waals surface area contributed by atoms with Crippen molar-refractivity contribution in [2.75, 3.05) is 0 Å². The van der Waals surface area contributed by atoms with Gasteiger partial charge < -0.3 is 4.98 Å². The Morgan fingerprint density at radius 2 is 1.90 bits per heavy atom. The molecule has 0 spiro atoms. The topological polar surface area (TPSA) is 76.3 Å². The summed E-state index contributed by atoms with van der Waals surface area (Å²) >= 11 is 3.03. The van der Waals surface area contributed by atoms with Crippen LogP contribution in [0.15, 0.2) is 22.7 Å². The lowest BCUT2D eigenvalue weighted by atomic mass is 10.1. The molecule has 2 aromatic rings. The molecule has 100 valence electrons. The smallest absolute Gasteiger partial charge is 0.329 e. The van der Waals surface area contributed by atoms with Gasteiger partial charge in [0, 0.05) is 10.0 Å². The number of hydrogen-bond acceptors (Lipinski definition) is 3. The van der Waals surface area contributed by atoms with Gasteiger partial charge >= 0.3 is 6.18 Å². The van der Waals surface area contributed by atoms with E-state index < -0.39 is 11.7 Å². The van der Waals surface area contributed by atoms with Crippen molar-refractivity contribution in [1.29, 1.82) is 10.5 Å². The number of rotatable bonds is 1. The van der Waals surface area contributed by atoms with Gasteiger partial charge in [0.25, 0.3) is 0 Å². The average molecular weight is 341 g/mol. The van der Waals surface area contributed by atoms with Gasteiger partial charge in [0.05, 0.1) is 5.56 Å². The second-order valence-corrected chi connectivity index (χ2v) is 4.58. The first-order valence-electron chi connectivity index (χ1n) is 5.14. The summed E-state index contributed by atoms with van der Waals surface area (Å²) in [6.07, 6.45) is -4.44. The number of imidazole rings is 1. The standard InChI is InChI=1S/C12H4BrF3N4/c13-8-3-6(12(14,15)16)1-2-7(8)11-19-9(4-17)10(5-18)20-11/h1-3H,(H,19,20). The zero-order chi connectivity index (χ0) is 14.9. The summed E-state index contributed by atoms with van der Waals surface area (Å²) in [5.74, 6) is 0.152. The molecule has 1 N–H and O–H groups in total. The first-order valence-corrected chi connectivity index (χ1v) is 5.93. The lowest BCUT2D eigenvalue weighted by Gasteiger charge is -2.08. The molecule has 0 bridgehead atoms. The molecule has 1 heterocycles. The highest BCUT2D eigenvalue weighted by molar-refractivity contribution is 9.10. The van der Waals surface area contributed by atoms with Crippen LogP contribution in [0.1, 0.15) is 17.0 Å². The molecule has 0 unspecified atom stereocenters. The van der Waals surface area contributed by atoms with Crippen molar-refractivity contribution in [2.24, 2.45) is 0 Å². The van der Waals surface area contributed by atoms with E-state index in [2.05, 4.69) is 25.9 Å². The van der Waals surface area contributed by atoms with Crippen LogP contribution in [0.4, 0.5) is 13.2 Å². The maximum absolute atomic E-state index is 12.5. The Morgan fingerprint density at radius 3 is 2.35 bits per heavy atom. The molecule has 0 aliphatic heterocycles. The van der Waals surface area contributed by atoms with Crippen molar-refractivity contribution < 1.29 is 13.2 Å². The Balaban J connectivity index is 2.53. The minimum atomic E-state index is -4.44. The number of benzene rings is 1. The van der Waals surface area contributed by atoms with E-state index in [1.807, 2.05) is 0 Å². The normalized spacial score (nSPS) is 10.9. The Bertz CT molecular complexity index is 718. The first kappa shape index (κ1) is 14.1. The van der Waals surface area contributed by atoms with E-state index in [1.54, 1.807) is 12.1 Å². The summed E-state index contributed by atoms with van der Waals surface area (Å²) in [6, 6.07) is 6.52. The Kier molecular flexibility index (Phi) is 3.51. The fourth-order valence-electron chi connectivity index (χ4n) is 1.55. The van der Waals surface area contributed by atoms with E-state index in [9.17, 15) is 13.2 Å². The van der Waals surface area contributed by atoms with Gasteiger partial charge in [0.15, 0.2) is 11.4 Å². The number of halogens is 4. The van der Waals surface area contributed by atoms with Crippen molar-refractivity contribution in [2.45, 2.75) is 6.18 Å². The molecule has 0 fully saturated rings. The van der Waals surface area contributed by atoms with Gasteiger partial charge in [-0.1, -0.05) is 15.9 Å². The SMILES string of the molecule is N#Cc1nc(-c2ccc(C(F)(F)F)cc2Br)[nH]c1C#N. The number of nitrogens with one attached hydrogen (secondary N) is 1. The Labute approximate surface area is 119 Å². The van der Waals surface area contributed by atoms with Crippen molar-refractivity contribution in [3.63, 3.8) is 0 Å². The molecule has 0 atom stereocenters. The van der Waals surface area contributed by atoms with Crippen LogP contribution in [0.25, 0.3) is 11.4 Å². The summed E-state index contributed by atoms with van der Waals surface area (Å²) in [4.78, 5) is 6.46. The number of nitrogens with zero attached hydrogens (tertiary/aromatic N) is 3. The van der Waals surface area contributed by atoms with Gasteiger partial charge in [-0.15, -0.1) is 0 Å². The van der Waals surface area contributed by atoms with E-state index in [0.29, 0.717) is 5.56 Å². The molecule has 0 saturated carbocycles. The maximum atomic E-state index is 12.5. The number of hydrogen-bond donors (Lipinski definition) is 1. The molecule has 0 amide bonds. The van der Waals surface area contributed by atoms with Gasteiger partial charge in [-0.25, -0.2) is 4.98 Å². The van der Waals surface area contributed by atoms with E-state index >= 15 is 0 Å². The Morgan fingerprint density at radius 1 is 1.20 bits per heavy atom. The molecule has 1 aromatic heterocycles. The highest BCUT2D eigenvalue weighted by atomic mass is 79.9. The van der Waals surface area contributed by atoms with Crippen molar-refractivity contribution in [1.82, 2.24) is 9.97 Å². The van der Waals surface area contributed by atoms with E-state index in [-0.39, 0.29) is 21.7 Å². The van der Waals surface area contributed by atoms with Gasteiger partial charge in [-0.2, -0.15) is 23.7 Å².